The van der Waals surface area contributed by atoms with Gasteiger partial charge in [0.05, 0.1) is 5.56 Å². The first-order valence-corrected chi connectivity index (χ1v) is 8.08. The van der Waals surface area contributed by atoms with Gasteiger partial charge < -0.3 is 0 Å². The maximum absolute atomic E-state index is 12.5. The first-order valence-electron chi connectivity index (χ1n) is 7.20. The number of aromatic nitrogens is 5. The third kappa shape index (κ3) is 2.52. The average molecular weight is 336 g/mol. The van der Waals surface area contributed by atoms with Gasteiger partial charge in [-0.2, -0.15) is 0 Å². The number of hydrogen-bond acceptors (Lipinski definition) is 6. The van der Waals surface area contributed by atoms with Crippen molar-refractivity contribution in [2.45, 2.75) is 6.92 Å². The summed E-state index contributed by atoms with van der Waals surface area (Å²) >= 11 is 1.36. The van der Waals surface area contributed by atoms with Crippen molar-refractivity contribution in [2.75, 3.05) is 5.32 Å². The molecule has 0 saturated carbocycles. The lowest BCUT2D eigenvalue weighted by molar-refractivity contribution is 0.102. The number of aryl methyl sites for hydroxylation is 1. The fraction of sp³-hybridized carbons (Fsp3) is 0.0625. The molecule has 1 N–H and O–H groups in total. The van der Waals surface area contributed by atoms with Gasteiger partial charge in [0.2, 0.25) is 0 Å². The van der Waals surface area contributed by atoms with Crippen molar-refractivity contribution >= 4 is 28.0 Å². The number of pyridine rings is 2. The lowest BCUT2D eigenvalue weighted by atomic mass is 10.2. The molecule has 0 spiro atoms. The molecule has 4 heterocycles. The van der Waals surface area contributed by atoms with Crippen LogP contribution in [0.5, 0.6) is 0 Å². The van der Waals surface area contributed by atoms with Gasteiger partial charge in [0, 0.05) is 35.2 Å². The smallest absolute Gasteiger partial charge is 0.261 e. The van der Waals surface area contributed by atoms with E-state index in [4.69, 9.17) is 0 Å². The summed E-state index contributed by atoms with van der Waals surface area (Å²) in [6.07, 6.45) is 5.13. The van der Waals surface area contributed by atoms with Gasteiger partial charge in [-0.1, -0.05) is 0 Å². The minimum Gasteiger partial charge on any atom is -0.298 e. The van der Waals surface area contributed by atoms with E-state index in [0.717, 1.165) is 11.3 Å². The quantitative estimate of drug-likeness (QED) is 0.622. The van der Waals surface area contributed by atoms with E-state index < -0.39 is 0 Å². The number of fused-ring (bicyclic) bond motifs is 1. The lowest BCUT2D eigenvalue weighted by Gasteiger charge is -2.02. The molecule has 0 bridgehead atoms. The van der Waals surface area contributed by atoms with Crippen LogP contribution < -0.4 is 5.32 Å². The number of nitrogens with one attached hydrogen (secondary N) is 1. The highest BCUT2D eigenvalue weighted by molar-refractivity contribution is 7.13. The molecule has 0 aliphatic rings. The second-order valence-corrected chi connectivity index (χ2v) is 5.95. The lowest BCUT2D eigenvalue weighted by Crippen LogP contribution is -2.13. The maximum Gasteiger partial charge on any atom is 0.261 e. The minimum absolute atomic E-state index is 0.266. The third-order valence-corrected chi connectivity index (χ3v) is 4.20. The fourth-order valence-electron chi connectivity index (χ4n) is 2.37. The van der Waals surface area contributed by atoms with Crippen LogP contribution in [-0.4, -0.2) is 30.5 Å². The molecule has 0 aliphatic heterocycles. The second kappa shape index (κ2) is 5.82. The van der Waals surface area contributed by atoms with Crippen LogP contribution in [0.2, 0.25) is 0 Å². The molecule has 8 heteroatoms. The molecule has 1 amide bonds. The number of carbonyl (C=O) groups excluding carboxylic acids is 1. The zero-order chi connectivity index (χ0) is 16.5. The molecule has 0 aliphatic carbocycles. The molecule has 0 saturated heterocycles. The van der Waals surface area contributed by atoms with E-state index in [0.29, 0.717) is 22.2 Å². The highest BCUT2D eigenvalue weighted by Crippen LogP contribution is 2.21. The van der Waals surface area contributed by atoms with Crippen molar-refractivity contribution in [3.8, 4) is 11.4 Å². The number of nitrogens with zero attached hydrogens (tertiary/aromatic N) is 5. The number of carbonyl (C=O) groups is 1. The Hall–Kier alpha value is -3.13. The van der Waals surface area contributed by atoms with Gasteiger partial charge in [0.25, 0.3) is 5.91 Å². The molecule has 24 heavy (non-hydrogen) atoms. The van der Waals surface area contributed by atoms with E-state index in [-0.39, 0.29) is 5.91 Å². The second-order valence-electron chi connectivity index (χ2n) is 5.05. The molecule has 4 aromatic heterocycles. The van der Waals surface area contributed by atoms with Crippen molar-refractivity contribution in [2.24, 2.45) is 0 Å². The van der Waals surface area contributed by atoms with Crippen LogP contribution >= 0.6 is 11.3 Å². The summed E-state index contributed by atoms with van der Waals surface area (Å²) in [5.74, 6) is 0.271. The Kier molecular flexibility index (Phi) is 3.51. The number of amides is 1. The van der Waals surface area contributed by atoms with Crippen molar-refractivity contribution in [1.29, 1.82) is 0 Å². The number of anilines is 1. The number of hydrogen-bond donors (Lipinski definition) is 1. The Morgan fingerprint density at radius 3 is 2.92 bits per heavy atom. The summed E-state index contributed by atoms with van der Waals surface area (Å²) in [5.41, 5.74) is 2.60. The Bertz CT molecular complexity index is 1020. The van der Waals surface area contributed by atoms with E-state index in [1.54, 1.807) is 40.6 Å². The van der Waals surface area contributed by atoms with Crippen LogP contribution in [0.25, 0.3) is 17.0 Å². The SMILES string of the molecule is Cc1ncccc1-c1nc2c(C(=O)Nc3nccs3)cccn2n1. The summed E-state index contributed by atoms with van der Waals surface area (Å²) in [4.78, 5) is 25.3. The van der Waals surface area contributed by atoms with E-state index in [2.05, 4.69) is 25.4 Å². The topological polar surface area (TPSA) is 85.1 Å². The predicted molar refractivity (Wildman–Crippen MR) is 91.0 cm³/mol. The molecule has 4 aromatic rings. The van der Waals surface area contributed by atoms with Crippen LogP contribution in [-0.2, 0) is 0 Å². The van der Waals surface area contributed by atoms with Crippen molar-refractivity contribution in [1.82, 2.24) is 24.6 Å². The maximum atomic E-state index is 12.5. The Morgan fingerprint density at radius 2 is 2.12 bits per heavy atom. The van der Waals surface area contributed by atoms with Crippen LogP contribution in [0.4, 0.5) is 5.13 Å². The molecular formula is C16H12N6OS. The molecule has 118 valence electrons. The zero-order valence-electron chi connectivity index (χ0n) is 12.7. The molecule has 0 radical (unpaired) electrons. The average Bonchev–Trinajstić information content (AvgIpc) is 3.23. The Labute approximate surface area is 141 Å². The number of thiazole rings is 1. The monoisotopic (exact) mass is 336 g/mol. The van der Waals surface area contributed by atoms with Gasteiger partial charge in [-0.05, 0) is 31.2 Å². The summed E-state index contributed by atoms with van der Waals surface area (Å²) in [5, 5.41) is 9.57. The molecule has 7 nitrogen and oxygen atoms in total. The van der Waals surface area contributed by atoms with E-state index in [1.165, 1.54) is 11.3 Å². The minimum atomic E-state index is -0.266. The summed E-state index contributed by atoms with van der Waals surface area (Å²) in [6.45, 7) is 1.90. The van der Waals surface area contributed by atoms with E-state index >= 15 is 0 Å². The van der Waals surface area contributed by atoms with Crippen LogP contribution in [0.15, 0.2) is 48.2 Å². The normalized spacial score (nSPS) is 10.9. The highest BCUT2D eigenvalue weighted by atomic mass is 32.1. The van der Waals surface area contributed by atoms with Crippen LogP contribution in [0.1, 0.15) is 16.1 Å². The molecule has 0 unspecified atom stereocenters. The first kappa shape index (κ1) is 14.5. The number of rotatable bonds is 3. The Balaban J connectivity index is 1.78. The van der Waals surface area contributed by atoms with Gasteiger partial charge >= 0.3 is 0 Å². The van der Waals surface area contributed by atoms with Crippen LogP contribution in [0, 0.1) is 6.92 Å². The van der Waals surface area contributed by atoms with Gasteiger partial charge in [0.1, 0.15) is 0 Å². The molecule has 0 atom stereocenters. The molecular weight excluding hydrogens is 324 g/mol. The zero-order valence-corrected chi connectivity index (χ0v) is 13.5. The molecule has 0 aromatic carbocycles. The van der Waals surface area contributed by atoms with Gasteiger partial charge in [0.15, 0.2) is 16.6 Å². The fourth-order valence-corrected chi connectivity index (χ4v) is 2.89. The standard InChI is InChI=1S/C16H12N6OS/c1-10-11(4-2-6-17-10)13-19-14-12(5-3-8-22(14)21-13)15(23)20-16-18-7-9-24-16/h2-9H,1H3,(H,18,20,23). The van der Waals surface area contributed by atoms with Crippen LogP contribution in [0.3, 0.4) is 0 Å². The third-order valence-electron chi connectivity index (χ3n) is 3.51. The molecule has 4 rings (SSSR count). The van der Waals surface area contributed by atoms with E-state index in [1.807, 2.05) is 19.1 Å². The predicted octanol–water partition coefficient (Wildman–Crippen LogP) is 2.81. The largest absolute Gasteiger partial charge is 0.298 e. The van der Waals surface area contributed by atoms with Gasteiger partial charge in [-0.3, -0.25) is 15.1 Å². The summed E-state index contributed by atoms with van der Waals surface area (Å²) < 4.78 is 1.60. The summed E-state index contributed by atoms with van der Waals surface area (Å²) in [6, 6.07) is 7.22. The highest BCUT2D eigenvalue weighted by Gasteiger charge is 2.16. The van der Waals surface area contributed by atoms with Gasteiger partial charge in [-0.25, -0.2) is 14.5 Å². The summed E-state index contributed by atoms with van der Waals surface area (Å²) in [7, 11) is 0. The van der Waals surface area contributed by atoms with E-state index in [9.17, 15) is 4.79 Å². The van der Waals surface area contributed by atoms with Gasteiger partial charge in [-0.15, -0.1) is 16.4 Å². The molecule has 0 fully saturated rings. The Morgan fingerprint density at radius 1 is 1.21 bits per heavy atom. The van der Waals surface area contributed by atoms with Crippen molar-refractivity contribution in [3.63, 3.8) is 0 Å². The van der Waals surface area contributed by atoms with Crippen molar-refractivity contribution in [3.05, 3.63) is 59.5 Å². The first-order chi connectivity index (χ1) is 11.7. The van der Waals surface area contributed by atoms with Crippen molar-refractivity contribution < 1.29 is 4.79 Å².